The molecule has 9 nitrogen and oxygen atoms in total. The Morgan fingerprint density at radius 2 is 1.80 bits per heavy atom. The minimum atomic E-state index is -4.71. The Morgan fingerprint density at radius 1 is 1.10 bits per heavy atom. The van der Waals surface area contributed by atoms with Gasteiger partial charge in [-0.3, -0.25) is 9.28 Å². The number of hydrogen-bond donors (Lipinski definition) is 3. The molecular formula is C36H47ClF3N6O3+. The Bertz CT molecular complexity index is 1570. The van der Waals surface area contributed by atoms with E-state index < -0.39 is 29.2 Å². The minimum absolute atomic E-state index is 0.0534. The molecule has 0 radical (unpaired) electrons. The van der Waals surface area contributed by atoms with Gasteiger partial charge in [-0.05, 0) is 79.9 Å². The summed E-state index contributed by atoms with van der Waals surface area (Å²) in [5.74, 6) is -0.962. The molecule has 2 aromatic carbocycles. The zero-order chi connectivity index (χ0) is 34.6. The van der Waals surface area contributed by atoms with Crippen LogP contribution >= 0.6 is 11.6 Å². The molecule has 2 aromatic rings. The number of anilines is 2. The summed E-state index contributed by atoms with van der Waals surface area (Å²) in [4.78, 5) is 33.0. The summed E-state index contributed by atoms with van der Waals surface area (Å²) in [5, 5.41) is 6.66. The highest BCUT2D eigenvalue weighted by atomic mass is 35.5. The number of ether oxygens (including phenoxy) is 1. The number of fused-ring (bicyclic) bond motifs is 3. The van der Waals surface area contributed by atoms with Crippen molar-refractivity contribution in [3.8, 4) is 0 Å². The molecule has 3 unspecified atom stereocenters. The summed E-state index contributed by atoms with van der Waals surface area (Å²) in [5.41, 5.74) is 6.56. The average Bonchev–Trinajstić information content (AvgIpc) is 3.08. The van der Waals surface area contributed by atoms with E-state index in [1.165, 1.54) is 6.07 Å². The van der Waals surface area contributed by atoms with Crippen LogP contribution in [0, 0.1) is 17.8 Å². The van der Waals surface area contributed by atoms with Crippen LogP contribution in [-0.2, 0) is 33.5 Å². The maximum Gasteiger partial charge on any atom is 0.418 e. The van der Waals surface area contributed by atoms with Crippen molar-refractivity contribution in [1.29, 1.82) is 0 Å². The van der Waals surface area contributed by atoms with E-state index in [1.54, 1.807) is 4.90 Å². The van der Waals surface area contributed by atoms with Crippen molar-refractivity contribution in [3.63, 3.8) is 0 Å². The van der Waals surface area contributed by atoms with Crippen LogP contribution in [0.1, 0.15) is 61.6 Å². The van der Waals surface area contributed by atoms with Crippen LogP contribution in [0.2, 0.25) is 5.02 Å². The molecule has 6 heterocycles. The van der Waals surface area contributed by atoms with Gasteiger partial charge in [-0.25, -0.2) is 9.69 Å². The first kappa shape index (κ1) is 34.5. The standard InChI is InChI=1S/C36H47ClF3N6O3/c1-46(14-9-25(10-15-46)24-6-11-42-12-7-24)34(48)27(16-23-17-29(36(38,39)40)33(41)30(37)18-23)19-32(47)45-13-8-28-20-35(45,49-28)44-21-26-4-2-3-5-31(26)43-22-44/h2-5,17-18,24-25,27-28,42-43H,6-16,19-22,41H2,1H3/q+1. The quantitative estimate of drug-likeness (QED) is 0.261. The van der Waals surface area contributed by atoms with Crippen LogP contribution in [0.5, 0.6) is 0 Å². The van der Waals surface area contributed by atoms with Gasteiger partial charge in [0.2, 0.25) is 11.8 Å². The largest absolute Gasteiger partial charge is 0.418 e. The zero-order valence-electron chi connectivity index (χ0n) is 28.0. The monoisotopic (exact) mass is 703 g/mol. The number of para-hydroxylation sites is 1. The minimum Gasteiger partial charge on any atom is -0.397 e. The predicted octanol–water partition coefficient (Wildman–Crippen LogP) is 5.43. The molecule has 0 spiro atoms. The maximum absolute atomic E-state index is 14.6. The summed E-state index contributed by atoms with van der Waals surface area (Å²) >= 11 is 6.22. The number of nitrogen functional groups attached to an aromatic ring is 1. The molecule has 266 valence electrons. The third-order valence-corrected chi connectivity index (χ3v) is 12.2. The second kappa shape index (κ2) is 13.3. The van der Waals surface area contributed by atoms with E-state index in [0.717, 1.165) is 56.1 Å². The number of quaternary nitrogens is 1. The van der Waals surface area contributed by atoms with Gasteiger partial charge in [0.25, 0.3) is 0 Å². The maximum atomic E-state index is 14.6. The Hall–Kier alpha value is -2.90. The fraction of sp³-hybridized carbons (Fsp3) is 0.611. The van der Waals surface area contributed by atoms with Crippen molar-refractivity contribution in [2.75, 3.05) is 57.5 Å². The molecule has 3 atom stereocenters. The molecule has 5 saturated heterocycles. The highest BCUT2D eigenvalue weighted by Gasteiger charge is 2.60. The molecule has 4 N–H and O–H groups in total. The van der Waals surface area contributed by atoms with Gasteiger partial charge < -0.3 is 26.0 Å². The average molecular weight is 704 g/mol. The van der Waals surface area contributed by atoms with Gasteiger partial charge in [0.15, 0.2) is 0 Å². The lowest BCUT2D eigenvalue weighted by molar-refractivity contribution is -0.843. The fourth-order valence-electron chi connectivity index (χ4n) is 9.03. The third kappa shape index (κ3) is 6.67. The van der Waals surface area contributed by atoms with Crippen molar-refractivity contribution < 1.29 is 32.0 Å². The lowest BCUT2D eigenvalue weighted by Crippen LogP contribution is -2.76. The number of carbonyl (C=O) groups is 2. The number of likely N-dealkylation sites (tertiary alicyclic amines) is 1. The summed E-state index contributed by atoms with van der Waals surface area (Å²) < 4.78 is 48.5. The van der Waals surface area contributed by atoms with E-state index >= 15 is 0 Å². The smallest absolute Gasteiger partial charge is 0.397 e. The number of benzene rings is 2. The van der Waals surface area contributed by atoms with Crippen LogP contribution in [0.25, 0.3) is 0 Å². The van der Waals surface area contributed by atoms with Gasteiger partial charge in [-0.1, -0.05) is 29.8 Å². The highest BCUT2D eigenvalue weighted by molar-refractivity contribution is 6.33. The fourth-order valence-corrected chi connectivity index (χ4v) is 9.28. The van der Waals surface area contributed by atoms with Gasteiger partial charge >= 0.3 is 12.1 Å². The number of piperidine rings is 3. The van der Waals surface area contributed by atoms with E-state index in [2.05, 4.69) is 21.6 Å². The molecule has 8 rings (SSSR count). The molecule has 6 aliphatic heterocycles. The van der Waals surface area contributed by atoms with E-state index in [-0.39, 0.29) is 45.8 Å². The number of nitrogens with one attached hydrogen (secondary N) is 2. The topological polar surface area (TPSA) is 99.9 Å². The van der Waals surface area contributed by atoms with Crippen molar-refractivity contribution in [3.05, 3.63) is 58.1 Å². The first-order chi connectivity index (χ1) is 23.4. The van der Waals surface area contributed by atoms with E-state index in [1.807, 2.05) is 25.2 Å². The Kier molecular flexibility index (Phi) is 9.40. The van der Waals surface area contributed by atoms with Crippen molar-refractivity contribution >= 4 is 34.8 Å². The van der Waals surface area contributed by atoms with Gasteiger partial charge in [-0.2, -0.15) is 13.2 Å². The second-order valence-electron chi connectivity index (χ2n) is 15.0. The molecule has 2 amide bonds. The van der Waals surface area contributed by atoms with Gasteiger partial charge in [0, 0.05) is 44.5 Å². The van der Waals surface area contributed by atoms with E-state index in [0.29, 0.717) is 57.5 Å². The Balaban J connectivity index is 1.14. The zero-order valence-corrected chi connectivity index (χ0v) is 28.8. The molecule has 6 aliphatic rings. The first-order valence-corrected chi connectivity index (χ1v) is 18.0. The molecule has 2 bridgehead atoms. The molecular weight excluding hydrogens is 657 g/mol. The number of carbonyl (C=O) groups excluding carboxylic acids is 2. The van der Waals surface area contributed by atoms with Gasteiger partial charge in [0.05, 0.1) is 55.1 Å². The first-order valence-electron chi connectivity index (χ1n) is 17.7. The number of nitrogens with two attached hydrogens (primary N) is 1. The third-order valence-electron chi connectivity index (χ3n) is 11.9. The lowest BCUT2D eigenvalue weighted by Gasteiger charge is -2.63. The number of alkyl halides is 3. The number of hydrogen-bond acceptors (Lipinski definition) is 7. The SMILES string of the molecule is C[N+]1(C(=O)C(CC(=O)N2CCC3CC2(N2CNc4ccccc4C2)O3)Cc2cc(Cl)c(N)c(C(F)(F)F)c2)CCC(C2CCNCC2)CC1. The number of rotatable bonds is 7. The summed E-state index contributed by atoms with van der Waals surface area (Å²) in [6.45, 7) is 4.90. The molecule has 0 aliphatic carbocycles. The lowest BCUT2D eigenvalue weighted by atomic mass is 9.78. The van der Waals surface area contributed by atoms with Crippen molar-refractivity contribution in [1.82, 2.24) is 15.1 Å². The molecule has 13 heteroatoms. The van der Waals surface area contributed by atoms with E-state index in [4.69, 9.17) is 22.1 Å². The van der Waals surface area contributed by atoms with Gasteiger partial charge in [0.1, 0.15) is 0 Å². The number of amides is 2. The Labute approximate surface area is 290 Å². The normalized spacial score (nSPS) is 29.8. The van der Waals surface area contributed by atoms with Gasteiger partial charge in [-0.15, -0.1) is 0 Å². The summed E-state index contributed by atoms with van der Waals surface area (Å²) in [6.07, 6.45) is 0.600. The molecule has 49 heavy (non-hydrogen) atoms. The van der Waals surface area contributed by atoms with Crippen LogP contribution in [0.15, 0.2) is 36.4 Å². The number of halogens is 4. The molecule has 0 aromatic heterocycles. The van der Waals surface area contributed by atoms with Crippen molar-refractivity contribution in [2.45, 2.75) is 76.0 Å². The van der Waals surface area contributed by atoms with Crippen LogP contribution < -0.4 is 16.4 Å². The highest BCUT2D eigenvalue weighted by Crippen LogP contribution is 2.47. The molecule has 0 saturated carbocycles. The van der Waals surface area contributed by atoms with Crippen molar-refractivity contribution in [2.24, 2.45) is 17.8 Å². The van der Waals surface area contributed by atoms with Crippen LogP contribution in [-0.4, -0.2) is 84.5 Å². The summed E-state index contributed by atoms with van der Waals surface area (Å²) in [7, 11) is 1.93. The van der Waals surface area contributed by atoms with Crippen LogP contribution in [0.4, 0.5) is 24.5 Å². The summed E-state index contributed by atoms with van der Waals surface area (Å²) in [6, 6.07) is 10.4. The second-order valence-corrected chi connectivity index (χ2v) is 15.4. The number of nitrogens with zero attached hydrogens (tertiary/aromatic N) is 3. The van der Waals surface area contributed by atoms with E-state index in [9.17, 15) is 22.8 Å². The molecule has 5 fully saturated rings. The Morgan fingerprint density at radius 3 is 2.51 bits per heavy atom. The van der Waals surface area contributed by atoms with Crippen LogP contribution in [0.3, 0.4) is 0 Å². The predicted molar refractivity (Wildman–Crippen MR) is 181 cm³/mol.